The van der Waals surface area contributed by atoms with E-state index < -0.39 is 0 Å². The Morgan fingerprint density at radius 3 is 2.37 bits per heavy atom. The molecule has 35 heavy (non-hydrogen) atoms. The number of carbonyl (C=O) groups is 2. The maximum absolute atomic E-state index is 13.7. The van der Waals surface area contributed by atoms with Crippen molar-refractivity contribution in [1.82, 2.24) is 24.6 Å². The lowest BCUT2D eigenvalue weighted by Gasteiger charge is -2.31. The van der Waals surface area contributed by atoms with Crippen LogP contribution in [-0.4, -0.2) is 49.6 Å². The van der Waals surface area contributed by atoms with Gasteiger partial charge in [0, 0.05) is 30.9 Å². The summed E-state index contributed by atoms with van der Waals surface area (Å²) in [6.07, 6.45) is 2.98. The number of hydrogen-bond donors (Lipinski definition) is 1. The van der Waals surface area contributed by atoms with Crippen molar-refractivity contribution in [2.45, 2.75) is 72.8 Å². The molecule has 4 heterocycles. The quantitative estimate of drug-likeness (QED) is 0.583. The van der Waals surface area contributed by atoms with E-state index in [4.69, 9.17) is 10.1 Å². The number of anilines is 1. The monoisotopic (exact) mass is 476 g/mol. The van der Waals surface area contributed by atoms with Crippen LogP contribution in [0.15, 0.2) is 24.4 Å². The number of pyridine rings is 2. The first-order chi connectivity index (χ1) is 16.5. The number of amides is 2. The van der Waals surface area contributed by atoms with Crippen molar-refractivity contribution in [3.63, 3.8) is 0 Å². The van der Waals surface area contributed by atoms with E-state index in [0.29, 0.717) is 37.3 Å². The van der Waals surface area contributed by atoms with Crippen molar-refractivity contribution in [2.75, 3.05) is 18.4 Å². The summed E-state index contributed by atoms with van der Waals surface area (Å²) < 4.78 is 1.93. The molecule has 0 saturated carbocycles. The van der Waals surface area contributed by atoms with E-state index in [1.165, 1.54) is 0 Å². The average molecular weight is 477 g/mol. The topological polar surface area (TPSA) is 93.0 Å². The summed E-state index contributed by atoms with van der Waals surface area (Å²) in [4.78, 5) is 37.5. The van der Waals surface area contributed by atoms with E-state index in [9.17, 15) is 9.59 Å². The van der Waals surface area contributed by atoms with Gasteiger partial charge >= 0.3 is 0 Å². The molecule has 0 aromatic carbocycles. The SMILES string of the molecule is Cc1ccc(NC(=O)C2CCN(C(=O)c3cc(C(C)C)nc4c3c(C)nn4C(C)(C)C)CC2)nc1. The number of rotatable bonds is 4. The normalized spacial score (nSPS) is 15.1. The van der Waals surface area contributed by atoms with Gasteiger partial charge in [-0.05, 0) is 71.1 Å². The molecular formula is C27H36N6O2. The zero-order valence-electron chi connectivity index (χ0n) is 21.8. The van der Waals surface area contributed by atoms with Crippen LogP contribution in [0.4, 0.5) is 5.82 Å². The summed E-state index contributed by atoms with van der Waals surface area (Å²) >= 11 is 0. The highest BCUT2D eigenvalue weighted by Gasteiger charge is 2.31. The van der Waals surface area contributed by atoms with Gasteiger partial charge in [-0.1, -0.05) is 19.9 Å². The summed E-state index contributed by atoms with van der Waals surface area (Å²) in [7, 11) is 0. The summed E-state index contributed by atoms with van der Waals surface area (Å²) in [6, 6.07) is 5.67. The van der Waals surface area contributed by atoms with Crippen LogP contribution in [0.2, 0.25) is 0 Å². The summed E-state index contributed by atoms with van der Waals surface area (Å²) in [5.41, 5.74) is 3.88. The van der Waals surface area contributed by atoms with Crippen molar-refractivity contribution in [3.8, 4) is 0 Å². The van der Waals surface area contributed by atoms with Crippen molar-refractivity contribution >= 4 is 28.7 Å². The van der Waals surface area contributed by atoms with E-state index in [1.54, 1.807) is 6.20 Å². The van der Waals surface area contributed by atoms with Crippen molar-refractivity contribution in [2.24, 2.45) is 5.92 Å². The molecule has 0 spiro atoms. The molecule has 1 N–H and O–H groups in total. The zero-order valence-corrected chi connectivity index (χ0v) is 21.8. The van der Waals surface area contributed by atoms with Crippen LogP contribution in [0.25, 0.3) is 11.0 Å². The predicted octanol–water partition coefficient (Wildman–Crippen LogP) is 4.81. The molecule has 0 bridgehead atoms. The van der Waals surface area contributed by atoms with Crippen LogP contribution in [0.5, 0.6) is 0 Å². The third-order valence-corrected chi connectivity index (χ3v) is 6.61. The molecule has 0 aliphatic carbocycles. The van der Waals surface area contributed by atoms with Gasteiger partial charge in [-0.2, -0.15) is 5.10 Å². The standard InChI is InChI=1S/C27H36N6O2/c1-16(2)21-14-20(23-18(4)31-33(24(23)29-21)27(5,6)7)26(35)32-12-10-19(11-13-32)25(34)30-22-9-8-17(3)15-28-22/h8-9,14-16,19H,10-13H2,1-7H3,(H,28,30,34). The van der Waals surface area contributed by atoms with E-state index in [0.717, 1.165) is 28.0 Å². The lowest BCUT2D eigenvalue weighted by Crippen LogP contribution is -2.41. The van der Waals surface area contributed by atoms with Gasteiger partial charge in [-0.15, -0.1) is 0 Å². The molecular weight excluding hydrogens is 440 g/mol. The highest BCUT2D eigenvalue weighted by atomic mass is 16.2. The maximum Gasteiger partial charge on any atom is 0.254 e. The van der Waals surface area contributed by atoms with Crippen LogP contribution in [0.3, 0.4) is 0 Å². The van der Waals surface area contributed by atoms with Crippen LogP contribution in [0.1, 0.15) is 80.7 Å². The van der Waals surface area contributed by atoms with Crippen LogP contribution < -0.4 is 5.32 Å². The second kappa shape index (κ2) is 9.40. The largest absolute Gasteiger partial charge is 0.339 e. The zero-order chi connectivity index (χ0) is 25.5. The lowest BCUT2D eigenvalue weighted by molar-refractivity contribution is -0.121. The molecule has 1 aliphatic heterocycles. The highest BCUT2D eigenvalue weighted by molar-refractivity contribution is 6.06. The number of carbonyl (C=O) groups excluding carboxylic acids is 2. The molecule has 3 aromatic rings. The fraction of sp³-hybridized carbons (Fsp3) is 0.519. The number of nitrogens with one attached hydrogen (secondary N) is 1. The molecule has 4 rings (SSSR count). The molecule has 0 atom stereocenters. The van der Waals surface area contributed by atoms with Crippen molar-refractivity contribution in [3.05, 3.63) is 46.9 Å². The minimum absolute atomic E-state index is 0.0186. The lowest BCUT2D eigenvalue weighted by atomic mass is 9.94. The molecule has 0 unspecified atom stereocenters. The van der Waals surface area contributed by atoms with Gasteiger partial charge in [0.2, 0.25) is 5.91 Å². The van der Waals surface area contributed by atoms with Gasteiger partial charge in [0.15, 0.2) is 5.65 Å². The Balaban J connectivity index is 1.55. The number of hydrogen-bond acceptors (Lipinski definition) is 5. The van der Waals surface area contributed by atoms with E-state index in [1.807, 2.05) is 41.6 Å². The number of piperidine rings is 1. The van der Waals surface area contributed by atoms with E-state index >= 15 is 0 Å². The van der Waals surface area contributed by atoms with Crippen molar-refractivity contribution < 1.29 is 9.59 Å². The minimum atomic E-state index is -0.257. The number of aryl methyl sites for hydroxylation is 2. The Hall–Kier alpha value is -3.29. The Kier molecular flexibility index (Phi) is 6.66. The third-order valence-electron chi connectivity index (χ3n) is 6.61. The van der Waals surface area contributed by atoms with E-state index in [2.05, 4.69) is 44.9 Å². The maximum atomic E-state index is 13.7. The number of aromatic nitrogens is 4. The van der Waals surface area contributed by atoms with Gasteiger partial charge in [0.25, 0.3) is 5.91 Å². The second-order valence-electron chi connectivity index (χ2n) is 10.9. The van der Waals surface area contributed by atoms with E-state index in [-0.39, 0.29) is 29.2 Å². The van der Waals surface area contributed by atoms with Crippen LogP contribution in [0, 0.1) is 19.8 Å². The minimum Gasteiger partial charge on any atom is -0.339 e. The molecule has 3 aromatic heterocycles. The fourth-order valence-electron chi connectivity index (χ4n) is 4.53. The predicted molar refractivity (Wildman–Crippen MR) is 138 cm³/mol. The molecule has 8 heteroatoms. The molecule has 1 saturated heterocycles. The summed E-state index contributed by atoms with van der Waals surface area (Å²) in [5.74, 6) is 0.542. The Morgan fingerprint density at radius 1 is 1.11 bits per heavy atom. The molecule has 1 aliphatic rings. The first-order valence-electron chi connectivity index (χ1n) is 12.4. The molecule has 0 radical (unpaired) electrons. The first kappa shape index (κ1) is 24.8. The third kappa shape index (κ3) is 5.06. The number of fused-ring (bicyclic) bond motifs is 1. The molecule has 8 nitrogen and oxygen atoms in total. The molecule has 2 amide bonds. The molecule has 1 fully saturated rings. The van der Waals surface area contributed by atoms with Crippen molar-refractivity contribution in [1.29, 1.82) is 0 Å². The average Bonchev–Trinajstić information content (AvgIpc) is 3.16. The summed E-state index contributed by atoms with van der Waals surface area (Å²) in [5, 5.41) is 8.48. The fourth-order valence-corrected chi connectivity index (χ4v) is 4.53. The summed E-state index contributed by atoms with van der Waals surface area (Å²) in [6.45, 7) is 15.4. The number of likely N-dealkylation sites (tertiary alicyclic amines) is 1. The van der Waals surface area contributed by atoms with Crippen LogP contribution >= 0.6 is 0 Å². The smallest absolute Gasteiger partial charge is 0.254 e. The van der Waals surface area contributed by atoms with Gasteiger partial charge in [0.05, 0.1) is 22.2 Å². The van der Waals surface area contributed by atoms with Gasteiger partial charge in [0.1, 0.15) is 5.82 Å². The van der Waals surface area contributed by atoms with Crippen LogP contribution in [-0.2, 0) is 10.3 Å². The van der Waals surface area contributed by atoms with Gasteiger partial charge < -0.3 is 10.2 Å². The molecule has 186 valence electrons. The Labute approximate surface area is 207 Å². The van der Waals surface area contributed by atoms with Gasteiger partial charge in [-0.25, -0.2) is 14.6 Å². The highest BCUT2D eigenvalue weighted by Crippen LogP contribution is 2.30. The van der Waals surface area contributed by atoms with Gasteiger partial charge in [-0.3, -0.25) is 9.59 Å². The Morgan fingerprint density at radius 2 is 1.80 bits per heavy atom. The first-order valence-corrected chi connectivity index (χ1v) is 12.4. The Bertz CT molecular complexity index is 1250. The number of nitrogens with zero attached hydrogens (tertiary/aromatic N) is 5. The second-order valence-corrected chi connectivity index (χ2v) is 10.9.